The van der Waals surface area contributed by atoms with Gasteiger partial charge in [0.1, 0.15) is 5.82 Å². The lowest BCUT2D eigenvalue weighted by atomic mass is 9.83. The molecule has 1 aliphatic rings. The van der Waals surface area contributed by atoms with Crippen molar-refractivity contribution in [1.82, 2.24) is 10.6 Å². The van der Waals surface area contributed by atoms with Crippen LogP contribution in [0.25, 0.3) is 0 Å². The first-order chi connectivity index (χ1) is 12.6. The fourth-order valence-electron chi connectivity index (χ4n) is 3.61. The molecule has 5 nitrogen and oxygen atoms in total. The number of aliphatic imine (C=N–C) groups is 1. The second-order valence-electron chi connectivity index (χ2n) is 7.02. The van der Waals surface area contributed by atoms with Crippen molar-refractivity contribution in [3.63, 3.8) is 0 Å². The molecule has 146 valence electrons. The topological polar surface area (TPSA) is 65.9 Å². The van der Waals surface area contributed by atoms with E-state index in [1.165, 1.54) is 31.7 Å². The minimum absolute atomic E-state index is 0.284. The number of benzene rings is 1. The van der Waals surface area contributed by atoms with Crippen LogP contribution >= 0.6 is 0 Å². The van der Waals surface area contributed by atoms with Crippen LogP contribution in [-0.4, -0.2) is 37.9 Å². The van der Waals surface area contributed by atoms with Gasteiger partial charge in [0.05, 0.1) is 6.61 Å². The maximum atomic E-state index is 13.5. The summed E-state index contributed by atoms with van der Waals surface area (Å²) in [4.78, 5) is 4.29. The molecule has 1 fully saturated rings. The third kappa shape index (κ3) is 5.95. The standard InChI is InChI=1S/C20H32FN3O2/c1-3-26-11-10-20(8-4-5-9-20)15-24-19(22-2)23-13-16-6-7-18(21)17(12-16)14-25/h6-7,12,25H,3-5,8-11,13-15H2,1-2H3,(H2,22,23,24). The summed E-state index contributed by atoms with van der Waals surface area (Å²) in [5.41, 5.74) is 1.51. The number of hydrogen-bond donors (Lipinski definition) is 3. The largest absolute Gasteiger partial charge is 0.392 e. The van der Waals surface area contributed by atoms with Crippen molar-refractivity contribution in [1.29, 1.82) is 0 Å². The van der Waals surface area contributed by atoms with Gasteiger partial charge in [-0.25, -0.2) is 4.39 Å². The zero-order valence-corrected chi connectivity index (χ0v) is 16.0. The van der Waals surface area contributed by atoms with E-state index in [9.17, 15) is 9.50 Å². The van der Waals surface area contributed by atoms with Gasteiger partial charge in [-0.2, -0.15) is 0 Å². The van der Waals surface area contributed by atoms with Crippen LogP contribution in [0.4, 0.5) is 4.39 Å². The average molecular weight is 365 g/mol. The van der Waals surface area contributed by atoms with Crippen molar-refractivity contribution >= 4 is 5.96 Å². The van der Waals surface area contributed by atoms with Gasteiger partial charge in [-0.05, 0) is 49.3 Å². The van der Waals surface area contributed by atoms with E-state index < -0.39 is 0 Å². The number of guanidine groups is 1. The highest BCUT2D eigenvalue weighted by atomic mass is 19.1. The second-order valence-corrected chi connectivity index (χ2v) is 7.02. The summed E-state index contributed by atoms with van der Waals surface area (Å²) in [7, 11) is 1.75. The highest BCUT2D eigenvalue weighted by Gasteiger charge is 2.33. The number of ether oxygens (including phenoxy) is 1. The Morgan fingerprint density at radius 1 is 1.31 bits per heavy atom. The molecule has 0 unspecified atom stereocenters. The monoisotopic (exact) mass is 365 g/mol. The molecule has 2 rings (SSSR count). The smallest absolute Gasteiger partial charge is 0.191 e. The van der Waals surface area contributed by atoms with Crippen molar-refractivity contribution in [3.8, 4) is 0 Å². The Hall–Kier alpha value is -1.66. The number of aliphatic hydroxyl groups excluding tert-OH is 1. The molecule has 26 heavy (non-hydrogen) atoms. The van der Waals surface area contributed by atoms with Gasteiger partial charge in [0.25, 0.3) is 0 Å². The maximum absolute atomic E-state index is 13.5. The molecule has 0 aromatic heterocycles. The Balaban J connectivity index is 1.86. The molecule has 0 spiro atoms. The van der Waals surface area contributed by atoms with Gasteiger partial charge >= 0.3 is 0 Å². The molecule has 3 N–H and O–H groups in total. The second kappa shape index (κ2) is 10.5. The van der Waals surface area contributed by atoms with E-state index in [1.807, 2.05) is 6.92 Å². The molecule has 0 aliphatic heterocycles. The molecule has 1 saturated carbocycles. The molecule has 0 bridgehead atoms. The molecular formula is C20H32FN3O2. The van der Waals surface area contributed by atoms with Gasteiger partial charge in [0.15, 0.2) is 5.96 Å². The molecule has 6 heteroatoms. The van der Waals surface area contributed by atoms with Crippen molar-refractivity contribution in [3.05, 3.63) is 35.1 Å². The SMILES string of the molecule is CCOCCC1(CNC(=NC)NCc2ccc(F)c(CO)c2)CCCC1. The number of nitrogens with one attached hydrogen (secondary N) is 2. The Bertz CT molecular complexity index is 586. The minimum atomic E-state index is -0.378. The van der Waals surface area contributed by atoms with Gasteiger partial charge in [-0.15, -0.1) is 0 Å². The van der Waals surface area contributed by atoms with Crippen LogP contribution < -0.4 is 10.6 Å². The fraction of sp³-hybridized carbons (Fsp3) is 0.650. The first-order valence-corrected chi connectivity index (χ1v) is 9.53. The fourth-order valence-corrected chi connectivity index (χ4v) is 3.61. The normalized spacial score (nSPS) is 16.7. The lowest BCUT2D eigenvalue weighted by Gasteiger charge is -2.30. The van der Waals surface area contributed by atoms with Crippen LogP contribution in [0.3, 0.4) is 0 Å². The summed E-state index contributed by atoms with van der Waals surface area (Å²) in [5, 5.41) is 15.9. The van der Waals surface area contributed by atoms with Crippen LogP contribution in [0.1, 0.15) is 50.2 Å². The zero-order chi connectivity index (χ0) is 18.8. The predicted molar refractivity (Wildman–Crippen MR) is 103 cm³/mol. The number of rotatable bonds is 9. The van der Waals surface area contributed by atoms with E-state index in [0.717, 1.165) is 37.7 Å². The van der Waals surface area contributed by atoms with Crippen molar-refractivity contribution in [2.24, 2.45) is 10.4 Å². The van der Waals surface area contributed by atoms with E-state index >= 15 is 0 Å². The molecule has 1 aliphatic carbocycles. The van der Waals surface area contributed by atoms with Gasteiger partial charge in [-0.3, -0.25) is 4.99 Å². The summed E-state index contributed by atoms with van der Waals surface area (Å²) in [6.45, 7) is 4.71. The van der Waals surface area contributed by atoms with Gasteiger partial charge in [-0.1, -0.05) is 18.9 Å². The van der Waals surface area contributed by atoms with Gasteiger partial charge in [0.2, 0.25) is 0 Å². The Labute approximate surface area is 156 Å². The van der Waals surface area contributed by atoms with Crippen molar-refractivity contribution in [2.45, 2.75) is 52.2 Å². The third-order valence-corrected chi connectivity index (χ3v) is 5.24. The number of hydrogen-bond acceptors (Lipinski definition) is 3. The lowest BCUT2D eigenvalue weighted by molar-refractivity contribution is 0.105. The summed E-state index contributed by atoms with van der Waals surface area (Å²) >= 11 is 0. The summed E-state index contributed by atoms with van der Waals surface area (Å²) in [6.07, 6.45) is 6.07. The van der Waals surface area contributed by atoms with Crippen LogP contribution in [0.15, 0.2) is 23.2 Å². The number of halogens is 1. The summed E-state index contributed by atoms with van der Waals surface area (Å²) < 4.78 is 19.0. The maximum Gasteiger partial charge on any atom is 0.191 e. The Kier molecular flexibility index (Phi) is 8.32. The van der Waals surface area contributed by atoms with E-state index in [-0.39, 0.29) is 17.8 Å². The minimum Gasteiger partial charge on any atom is -0.392 e. The lowest BCUT2D eigenvalue weighted by Crippen LogP contribution is -2.43. The molecule has 0 atom stereocenters. The molecule has 0 amide bonds. The van der Waals surface area contributed by atoms with Crippen molar-refractivity contribution in [2.75, 3.05) is 26.8 Å². The molecule has 1 aromatic rings. The number of nitrogens with zero attached hydrogens (tertiary/aromatic N) is 1. The molecule has 0 heterocycles. The quantitative estimate of drug-likeness (QED) is 0.358. The van der Waals surface area contributed by atoms with Crippen LogP contribution in [-0.2, 0) is 17.9 Å². The average Bonchev–Trinajstić information content (AvgIpc) is 3.12. The van der Waals surface area contributed by atoms with Crippen molar-refractivity contribution < 1.29 is 14.2 Å². The van der Waals surface area contributed by atoms with Crippen LogP contribution in [0, 0.1) is 11.2 Å². The molecular weight excluding hydrogens is 333 g/mol. The Morgan fingerprint density at radius 2 is 2.08 bits per heavy atom. The molecule has 0 radical (unpaired) electrons. The van der Waals surface area contributed by atoms with E-state index in [4.69, 9.17) is 4.74 Å². The first-order valence-electron chi connectivity index (χ1n) is 9.53. The van der Waals surface area contributed by atoms with E-state index in [2.05, 4.69) is 15.6 Å². The van der Waals surface area contributed by atoms with Crippen LogP contribution in [0.5, 0.6) is 0 Å². The van der Waals surface area contributed by atoms with Crippen LogP contribution in [0.2, 0.25) is 0 Å². The first kappa shape index (κ1) is 20.6. The third-order valence-electron chi connectivity index (χ3n) is 5.24. The van der Waals surface area contributed by atoms with E-state index in [1.54, 1.807) is 19.2 Å². The van der Waals surface area contributed by atoms with E-state index in [0.29, 0.717) is 12.1 Å². The summed E-state index contributed by atoms with van der Waals surface area (Å²) in [5.74, 6) is 0.360. The van der Waals surface area contributed by atoms with Gasteiger partial charge in [0, 0.05) is 38.9 Å². The highest BCUT2D eigenvalue weighted by Crippen LogP contribution is 2.40. The highest BCUT2D eigenvalue weighted by molar-refractivity contribution is 5.79. The Morgan fingerprint density at radius 3 is 2.73 bits per heavy atom. The summed E-state index contributed by atoms with van der Waals surface area (Å²) in [6, 6.07) is 4.78. The number of aliphatic hydroxyl groups is 1. The molecule has 1 aromatic carbocycles. The van der Waals surface area contributed by atoms with Gasteiger partial charge < -0.3 is 20.5 Å². The molecule has 0 saturated heterocycles. The predicted octanol–water partition coefficient (Wildman–Crippen LogP) is 2.97. The zero-order valence-electron chi connectivity index (χ0n) is 16.0.